The molecule has 3 rings (SSSR count). The molecule has 1 saturated heterocycles. The number of aromatic nitrogens is 1. The monoisotopic (exact) mass is 442 g/mol. The van der Waals surface area contributed by atoms with Crippen LogP contribution in [0.1, 0.15) is 16.7 Å². The zero-order valence-electron chi connectivity index (χ0n) is 16.4. The summed E-state index contributed by atoms with van der Waals surface area (Å²) < 4.78 is 43.4. The number of nitrogens with one attached hydrogen (secondary N) is 1. The van der Waals surface area contributed by atoms with Gasteiger partial charge in [-0.3, -0.25) is 0 Å². The largest absolute Gasteiger partial charge is 0.417 e. The maximum Gasteiger partial charge on any atom is 0.417 e. The Kier molecular flexibility index (Phi) is 7.04. The van der Waals surface area contributed by atoms with E-state index in [9.17, 15) is 18.0 Å². The first-order valence-electron chi connectivity index (χ1n) is 9.35. The number of methoxy groups -OCH3 is 1. The molecular formula is C20H22ClF3N4O2. The molecule has 1 fully saturated rings. The van der Waals surface area contributed by atoms with E-state index in [1.807, 2.05) is 24.3 Å². The van der Waals surface area contributed by atoms with E-state index >= 15 is 0 Å². The number of hydrogen-bond donors (Lipinski definition) is 1. The van der Waals surface area contributed by atoms with Gasteiger partial charge in [-0.1, -0.05) is 35.9 Å². The predicted octanol–water partition coefficient (Wildman–Crippen LogP) is 3.93. The minimum Gasteiger partial charge on any atom is -0.380 e. The number of ether oxygens (including phenoxy) is 1. The molecule has 162 valence electrons. The van der Waals surface area contributed by atoms with E-state index in [-0.39, 0.29) is 11.1 Å². The van der Waals surface area contributed by atoms with Gasteiger partial charge in [0.15, 0.2) is 0 Å². The molecule has 0 saturated carbocycles. The van der Waals surface area contributed by atoms with Gasteiger partial charge in [-0.05, 0) is 17.2 Å². The maximum atomic E-state index is 12.8. The van der Waals surface area contributed by atoms with Crippen LogP contribution in [0.4, 0.5) is 23.8 Å². The summed E-state index contributed by atoms with van der Waals surface area (Å²) >= 11 is 6.01. The number of carbonyl (C=O) groups excluding carboxylic acids is 1. The second kappa shape index (κ2) is 9.53. The lowest BCUT2D eigenvalue weighted by Crippen LogP contribution is -2.52. The van der Waals surface area contributed by atoms with Gasteiger partial charge in [0.05, 0.1) is 17.2 Å². The summed E-state index contributed by atoms with van der Waals surface area (Å²) in [6.07, 6.45) is -3.72. The standard InChI is InChI=1S/C20H22ClF3N4O2/c1-30-13-15-4-2-3-14(9-15)11-26-19(29)28-7-5-27(6-8-28)18-17(21)10-16(12-25-18)20(22,23)24/h2-4,9-10,12H,5-8,11,13H2,1H3,(H,26,29). The predicted molar refractivity (Wildman–Crippen MR) is 107 cm³/mol. The SMILES string of the molecule is COCc1cccc(CNC(=O)N2CCN(c3ncc(C(F)(F)F)cc3Cl)CC2)c1. The van der Waals surface area contributed by atoms with Crippen LogP contribution in [-0.2, 0) is 24.1 Å². The molecule has 30 heavy (non-hydrogen) atoms. The first kappa shape index (κ1) is 22.2. The summed E-state index contributed by atoms with van der Waals surface area (Å²) in [6.45, 7) is 2.57. The van der Waals surface area contributed by atoms with E-state index in [1.165, 1.54) is 0 Å². The fourth-order valence-electron chi connectivity index (χ4n) is 3.23. The van der Waals surface area contributed by atoms with Crippen molar-refractivity contribution >= 4 is 23.4 Å². The number of amides is 2. The molecule has 1 aromatic heterocycles. The van der Waals surface area contributed by atoms with Crippen LogP contribution in [-0.4, -0.2) is 49.2 Å². The van der Waals surface area contributed by atoms with Crippen LogP contribution >= 0.6 is 11.6 Å². The number of urea groups is 1. The highest BCUT2D eigenvalue weighted by atomic mass is 35.5. The van der Waals surface area contributed by atoms with E-state index in [1.54, 1.807) is 16.9 Å². The molecule has 10 heteroatoms. The van der Waals surface area contributed by atoms with Crippen LogP contribution in [0.25, 0.3) is 0 Å². The third kappa shape index (κ3) is 5.54. The van der Waals surface area contributed by atoms with E-state index in [0.29, 0.717) is 45.1 Å². The second-order valence-electron chi connectivity index (χ2n) is 6.91. The number of benzene rings is 1. The fraction of sp³-hybridized carbons (Fsp3) is 0.400. The topological polar surface area (TPSA) is 57.7 Å². The lowest BCUT2D eigenvalue weighted by Gasteiger charge is -2.35. The molecule has 2 amide bonds. The van der Waals surface area contributed by atoms with Gasteiger partial charge in [-0.2, -0.15) is 13.2 Å². The van der Waals surface area contributed by atoms with E-state index in [4.69, 9.17) is 16.3 Å². The number of piperazine rings is 1. The van der Waals surface area contributed by atoms with Gasteiger partial charge in [0, 0.05) is 46.0 Å². The van der Waals surface area contributed by atoms with Crippen molar-refractivity contribution in [3.8, 4) is 0 Å². The third-order valence-corrected chi connectivity index (χ3v) is 5.04. The first-order valence-corrected chi connectivity index (χ1v) is 9.73. The Labute approximate surface area is 177 Å². The quantitative estimate of drug-likeness (QED) is 0.762. The number of anilines is 1. The van der Waals surface area contributed by atoms with Crippen molar-refractivity contribution in [1.82, 2.24) is 15.2 Å². The average Bonchev–Trinajstić information content (AvgIpc) is 2.72. The number of rotatable bonds is 5. The Balaban J connectivity index is 1.53. The summed E-state index contributed by atoms with van der Waals surface area (Å²) in [5.74, 6) is 0.291. The van der Waals surface area contributed by atoms with E-state index < -0.39 is 11.7 Å². The van der Waals surface area contributed by atoms with Crippen LogP contribution in [0, 0.1) is 0 Å². The summed E-state index contributed by atoms with van der Waals surface area (Å²) in [5, 5.41) is 2.83. The van der Waals surface area contributed by atoms with Gasteiger partial charge in [-0.25, -0.2) is 9.78 Å². The zero-order chi connectivity index (χ0) is 21.7. The summed E-state index contributed by atoms with van der Waals surface area (Å²) in [4.78, 5) is 19.8. The Hall–Kier alpha value is -2.52. The van der Waals surface area contributed by atoms with E-state index in [2.05, 4.69) is 10.3 Å². The fourth-order valence-corrected chi connectivity index (χ4v) is 3.51. The van der Waals surface area contributed by atoms with Crippen molar-refractivity contribution in [2.24, 2.45) is 0 Å². The Morgan fingerprint density at radius 3 is 2.53 bits per heavy atom. The highest BCUT2D eigenvalue weighted by molar-refractivity contribution is 6.33. The lowest BCUT2D eigenvalue weighted by molar-refractivity contribution is -0.137. The average molecular weight is 443 g/mol. The molecule has 1 aliphatic rings. The van der Waals surface area contributed by atoms with Crippen LogP contribution in [0.2, 0.25) is 5.02 Å². The molecule has 1 aromatic carbocycles. The molecule has 0 spiro atoms. The Morgan fingerprint density at radius 2 is 1.90 bits per heavy atom. The number of halogens is 4. The number of alkyl halides is 3. The van der Waals surface area contributed by atoms with Crippen molar-refractivity contribution in [3.05, 3.63) is 58.2 Å². The van der Waals surface area contributed by atoms with Crippen LogP contribution in [0.3, 0.4) is 0 Å². The van der Waals surface area contributed by atoms with Crippen molar-refractivity contribution in [2.75, 3.05) is 38.2 Å². The molecule has 1 N–H and O–H groups in total. The van der Waals surface area contributed by atoms with Crippen molar-refractivity contribution in [1.29, 1.82) is 0 Å². The van der Waals surface area contributed by atoms with Crippen molar-refractivity contribution in [2.45, 2.75) is 19.3 Å². The van der Waals surface area contributed by atoms with Gasteiger partial charge >= 0.3 is 12.2 Å². The molecule has 0 aliphatic carbocycles. The number of nitrogens with zero attached hydrogens (tertiary/aromatic N) is 3. The van der Waals surface area contributed by atoms with Crippen molar-refractivity contribution < 1.29 is 22.7 Å². The van der Waals surface area contributed by atoms with Gasteiger partial charge < -0.3 is 19.9 Å². The summed E-state index contributed by atoms with van der Waals surface area (Å²) in [6, 6.07) is 8.44. The summed E-state index contributed by atoms with van der Waals surface area (Å²) in [7, 11) is 1.63. The molecule has 0 atom stereocenters. The zero-order valence-corrected chi connectivity index (χ0v) is 17.1. The molecule has 2 aromatic rings. The first-order chi connectivity index (χ1) is 14.3. The molecule has 0 unspecified atom stereocenters. The Morgan fingerprint density at radius 1 is 1.20 bits per heavy atom. The van der Waals surface area contributed by atoms with Gasteiger partial charge in [0.1, 0.15) is 5.82 Å². The minimum absolute atomic E-state index is 0.0568. The van der Waals surface area contributed by atoms with Crippen molar-refractivity contribution in [3.63, 3.8) is 0 Å². The summed E-state index contributed by atoms with van der Waals surface area (Å²) in [5.41, 5.74) is 1.11. The number of carbonyl (C=O) groups is 1. The smallest absolute Gasteiger partial charge is 0.380 e. The van der Waals surface area contributed by atoms with Gasteiger partial charge in [-0.15, -0.1) is 0 Å². The highest BCUT2D eigenvalue weighted by Gasteiger charge is 2.32. The van der Waals surface area contributed by atoms with Crippen LogP contribution in [0.15, 0.2) is 36.5 Å². The van der Waals surface area contributed by atoms with Gasteiger partial charge in [0.2, 0.25) is 0 Å². The van der Waals surface area contributed by atoms with E-state index in [0.717, 1.165) is 23.4 Å². The minimum atomic E-state index is -4.49. The highest BCUT2D eigenvalue weighted by Crippen LogP contribution is 2.33. The Bertz CT molecular complexity index is 887. The number of pyridine rings is 1. The van der Waals surface area contributed by atoms with Gasteiger partial charge in [0.25, 0.3) is 0 Å². The third-order valence-electron chi connectivity index (χ3n) is 4.76. The molecule has 0 radical (unpaired) electrons. The second-order valence-corrected chi connectivity index (χ2v) is 7.32. The lowest BCUT2D eigenvalue weighted by atomic mass is 10.1. The number of hydrogen-bond acceptors (Lipinski definition) is 4. The molecule has 2 heterocycles. The molecule has 1 aliphatic heterocycles. The molecule has 0 bridgehead atoms. The maximum absolute atomic E-state index is 12.8. The molecule has 6 nitrogen and oxygen atoms in total. The molecular weight excluding hydrogens is 421 g/mol. The normalized spacial score (nSPS) is 14.7. The van der Waals surface area contributed by atoms with Crippen LogP contribution < -0.4 is 10.2 Å². The van der Waals surface area contributed by atoms with Crippen LogP contribution in [0.5, 0.6) is 0 Å².